The predicted octanol–water partition coefficient (Wildman–Crippen LogP) is 2.32. The number of aromatic nitrogens is 3. The van der Waals surface area contributed by atoms with Crippen molar-refractivity contribution >= 4 is 11.6 Å². The molecular weight excluding hydrogens is 276 g/mol. The number of rotatable bonds is 4. The number of hydrogen-bond acceptors (Lipinski definition) is 3. The van der Waals surface area contributed by atoms with Crippen molar-refractivity contribution < 1.29 is 4.79 Å². The molecule has 0 aliphatic rings. The van der Waals surface area contributed by atoms with Gasteiger partial charge >= 0.3 is 0 Å². The van der Waals surface area contributed by atoms with Crippen LogP contribution in [-0.2, 0) is 6.42 Å². The van der Waals surface area contributed by atoms with Crippen LogP contribution in [0.1, 0.15) is 27.3 Å². The SMILES string of the molecule is Cc1ccc(C(=O)NCCc2nnc3ccccn23)c(C)c1. The van der Waals surface area contributed by atoms with E-state index in [0.29, 0.717) is 13.0 Å². The first kappa shape index (κ1) is 14.3. The highest BCUT2D eigenvalue weighted by Crippen LogP contribution is 2.10. The lowest BCUT2D eigenvalue weighted by molar-refractivity contribution is 0.0953. The van der Waals surface area contributed by atoms with E-state index in [2.05, 4.69) is 15.5 Å². The second-order valence-corrected chi connectivity index (χ2v) is 5.37. The molecule has 0 radical (unpaired) electrons. The largest absolute Gasteiger partial charge is 0.352 e. The van der Waals surface area contributed by atoms with Gasteiger partial charge < -0.3 is 5.32 Å². The number of aryl methyl sites for hydroxylation is 2. The third kappa shape index (κ3) is 2.83. The van der Waals surface area contributed by atoms with Crippen molar-refractivity contribution in [2.45, 2.75) is 20.3 Å². The highest BCUT2D eigenvalue weighted by molar-refractivity contribution is 5.95. The van der Waals surface area contributed by atoms with Crippen molar-refractivity contribution in [3.63, 3.8) is 0 Å². The van der Waals surface area contributed by atoms with E-state index in [1.807, 2.05) is 60.8 Å². The molecule has 0 bridgehead atoms. The van der Waals surface area contributed by atoms with Crippen LogP contribution in [0.4, 0.5) is 0 Å². The monoisotopic (exact) mass is 294 g/mol. The van der Waals surface area contributed by atoms with E-state index in [1.165, 1.54) is 0 Å². The number of fused-ring (bicyclic) bond motifs is 1. The number of amides is 1. The first-order valence-corrected chi connectivity index (χ1v) is 7.29. The van der Waals surface area contributed by atoms with E-state index in [4.69, 9.17) is 0 Å². The zero-order valence-electron chi connectivity index (χ0n) is 12.7. The number of carbonyl (C=O) groups excluding carboxylic acids is 1. The molecule has 3 aromatic rings. The van der Waals surface area contributed by atoms with Gasteiger partial charge in [0.1, 0.15) is 5.82 Å². The molecule has 1 N–H and O–H groups in total. The predicted molar refractivity (Wildman–Crippen MR) is 84.9 cm³/mol. The smallest absolute Gasteiger partial charge is 0.251 e. The van der Waals surface area contributed by atoms with Crippen molar-refractivity contribution in [1.29, 1.82) is 0 Å². The lowest BCUT2D eigenvalue weighted by Gasteiger charge is -2.08. The van der Waals surface area contributed by atoms with Crippen molar-refractivity contribution in [1.82, 2.24) is 19.9 Å². The summed E-state index contributed by atoms with van der Waals surface area (Å²) in [6.07, 6.45) is 2.57. The Bertz CT molecular complexity index is 822. The van der Waals surface area contributed by atoms with Gasteiger partial charge in [-0.3, -0.25) is 9.20 Å². The Morgan fingerprint density at radius 2 is 2.05 bits per heavy atom. The molecule has 0 aliphatic carbocycles. The van der Waals surface area contributed by atoms with Gasteiger partial charge in [0.15, 0.2) is 5.65 Å². The first-order valence-electron chi connectivity index (χ1n) is 7.29. The zero-order valence-corrected chi connectivity index (χ0v) is 12.7. The van der Waals surface area contributed by atoms with Crippen LogP contribution in [0.25, 0.3) is 5.65 Å². The van der Waals surface area contributed by atoms with Gasteiger partial charge in [-0.25, -0.2) is 0 Å². The standard InChI is InChI=1S/C17H18N4O/c1-12-6-7-14(13(2)11-12)17(22)18-9-8-16-20-19-15-5-3-4-10-21(15)16/h3-7,10-11H,8-9H2,1-2H3,(H,18,22). The van der Waals surface area contributed by atoms with E-state index in [0.717, 1.165) is 28.2 Å². The Morgan fingerprint density at radius 3 is 2.86 bits per heavy atom. The molecule has 2 heterocycles. The molecule has 5 heteroatoms. The average Bonchev–Trinajstić information content (AvgIpc) is 2.90. The van der Waals surface area contributed by atoms with E-state index in [1.54, 1.807) is 0 Å². The van der Waals surface area contributed by atoms with Gasteiger partial charge in [0.25, 0.3) is 5.91 Å². The molecule has 0 atom stereocenters. The van der Waals surface area contributed by atoms with E-state index in [-0.39, 0.29) is 5.91 Å². The van der Waals surface area contributed by atoms with Gasteiger partial charge in [-0.15, -0.1) is 10.2 Å². The third-order valence-electron chi connectivity index (χ3n) is 3.65. The molecule has 22 heavy (non-hydrogen) atoms. The van der Waals surface area contributed by atoms with Crippen LogP contribution in [-0.4, -0.2) is 27.0 Å². The van der Waals surface area contributed by atoms with Crippen LogP contribution in [0.3, 0.4) is 0 Å². The second kappa shape index (κ2) is 5.97. The summed E-state index contributed by atoms with van der Waals surface area (Å²) in [5, 5.41) is 11.2. The van der Waals surface area contributed by atoms with Crippen molar-refractivity contribution in [2.24, 2.45) is 0 Å². The number of benzene rings is 1. The normalized spacial score (nSPS) is 10.8. The molecule has 2 aromatic heterocycles. The molecule has 3 rings (SSSR count). The van der Waals surface area contributed by atoms with Gasteiger partial charge in [-0.05, 0) is 37.6 Å². The van der Waals surface area contributed by atoms with Gasteiger partial charge in [-0.1, -0.05) is 23.8 Å². The summed E-state index contributed by atoms with van der Waals surface area (Å²) in [6, 6.07) is 11.6. The van der Waals surface area contributed by atoms with Crippen LogP contribution in [0.15, 0.2) is 42.6 Å². The summed E-state index contributed by atoms with van der Waals surface area (Å²) >= 11 is 0. The molecule has 0 spiro atoms. The van der Waals surface area contributed by atoms with E-state index < -0.39 is 0 Å². The van der Waals surface area contributed by atoms with Crippen LogP contribution in [0.5, 0.6) is 0 Å². The summed E-state index contributed by atoms with van der Waals surface area (Å²) in [6.45, 7) is 4.50. The van der Waals surface area contributed by atoms with Crippen molar-refractivity contribution in [3.8, 4) is 0 Å². The zero-order chi connectivity index (χ0) is 15.5. The lowest BCUT2D eigenvalue weighted by Crippen LogP contribution is -2.26. The summed E-state index contributed by atoms with van der Waals surface area (Å²) in [4.78, 5) is 12.2. The highest BCUT2D eigenvalue weighted by atomic mass is 16.1. The Morgan fingerprint density at radius 1 is 1.18 bits per heavy atom. The molecule has 0 unspecified atom stereocenters. The summed E-state index contributed by atoms with van der Waals surface area (Å²) < 4.78 is 1.93. The molecule has 0 saturated carbocycles. The molecule has 112 valence electrons. The molecule has 5 nitrogen and oxygen atoms in total. The van der Waals surface area contributed by atoms with Crippen LogP contribution < -0.4 is 5.32 Å². The first-order chi connectivity index (χ1) is 10.6. The third-order valence-corrected chi connectivity index (χ3v) is 3.65. The molecule has 1 amide bonds. The van der Waals surface area contributed by atoms with E-state index >= 15 is 0 Å². The molecular formula is C17H18N4O. The maximum absolute atomic E-state index is 12.2. The summed E-state index contributed by atoms with van der Waals surface area (Å²) in [5.41, 5.74) is 3.68. The number of carbonyl (C=O) groups is 1. The average molecular weight is 294 g/mol. The summed E-state index contributed by atoms with van der Waals surface area (Å²) in [7, 11) is 0. The van der Waals surface area contributed by atoms with Gasteiger partial charge in [0.05, 0.1) is 0 Å². The van der Waals surface area contributed by atoms with Crippen molar-refractivity contribution in [2.75, 3.05) is 6.54 Å². The Hall–Kier alpha value is -2.69. The number of hydrogen-bond donors (Lipinski definition) is 1. The Balaban J connectivity index is 1.64. The minimum absolute atomic E-state index is 0.0497. The van der Waals surface area contributed by atoms with Gasteiger partial charge in [0, 0.05) is 24.7 Å². The minimum atomic E-state index is -0.0497. The minimum Gasteiger partial charge on any atom is -0.352 e. The highest BCUT2D eigenvalue weighted by Gasteiger charge is 2.09. The van der Waals surface area contributed by atoms with Crippen molar-refractivity contribution in [3.05, 3.63) is 65.1 Å². The molecule has 1 aromatic carbocycles. The number of nitrogens with one attached hydrogen (secondary N) is 1. The van der Waals surface area contributed by atoms with Crippen LogP contribution in [0.2, 0.25) is 0 Å². The van der Waals surface area contributed by atoms with Gasteiger partial charge in [-0.2, -0.15) is 0 Å². The van der Waals surface area contributed by atoms with Crippen LogP contribution >= 0.6 is 0 Å². The number of nitrogens with zero attached hydrogens (tertiary/aromatic N) is 3. The lowest BCUT2D eigenvalue weighted by atomic mass is 10.1. The van der Waals surface area contributed by atoms with Crippen LogP contribution in [0, 0.1) is 13.8 Å². The fraction of sp³-hybridized carbons (Fsp3) is 0.235. The maximum Gasteiger partial charge on any atom is 0.251 e. The Labute approximate surface area is 129 Å². The quantitative estimate of drug-likeness (QED) is 0.803. The maximum atomic E-state index is 12.2. The topological polar surface area (TPSA) is 59.3 Å². The van der Waals surface area contributed by atoms with Gasteiger partial charge in [0.2, 0.25) is 0 Å². The summed E-state index contributed by atoms with van der Waals surface area (Å²) in [5.74, 6) is 0.794. The Kier molecular flexibility index (Phi) is 3.87. The van der Waals surface area contributed by atoms with E-state index in [9.17, 15) is 4.79 Å². The fourth-order valence-corrected chi connectivity index (χ4v) is 2.51. The molecule has 0 saturated heterocycles. The number of pyridine rings is 1. The second-order valence-electron chi connectivity index (χ2n) is 5.37. The molecule has 0 aliphatic heterocycles. The fourth-order valence-electron chi connectivity index (χ4n) is 2.51. The molecule has 0 fully saturated rings.